The summed E-state index contributed by atoms with van der Waals surface area (Å²) >= 11 is 0. The average molecular weight is 260 g/mol. The highest BCUT2D eigenvalue weighted by molar-refractivity contribution is 6.61. The molecule has 1 aliphatic heterocycles. The number of pyridine rings is 1. The summed E-state index contributed by atoms with van der Waals surface area (Å²) in [6.45, 7) is 7.92. The Bertz CT molecular complexity index is 521. The molecule has 0 aromatic carbocycles. The van der Waals surface area contributed by atoms with E-state index in [9.17, 15) is 0 Å². The molecule has 2 heterocycles. The summed E-state index contributed by atoms with van der Waals surface area (Å²) in [6, 6.07) is 3.71. The number of ether oxygens (including phenoxy) is 1. The maximum absolute atomic E-state index is 8.94. The van der Waals surface area contributed by atoms with Crippen LogP contribution < -0.4 is 10.3 Å². The number of rotatable bonds is 2. The fraction of sp³-hybridized carbons (Fsp3) is 0.538. The van der Waals surface area contributed by atoms with Crippen molar-refractivity contribution in [2.45, 2.75) is 38.9 Å². The van der Waals surface area contributed by atoms with Crippen LogP contribution in [0.1, 0.15) is 33.3 Å². The average Bonchev–Trinajstić information content (AvgIpc) is 2.57. The standard InChI is InChI=1S/C13H17BN2O3/c1-12(2)13(3,4)19-14(18-12)11-6-10(17-5)9(7-15)8-16-11/h6,8H,1-5H3. The molecule has 0 bridgehead atoms. The van der Waals surface area contributed by atoms with Crippen molar-refractivity contribution in [2.24, 2.45) is 0 Å². The molecular weight excluding hydrogens is 243 g/mol. The molecule has 1 aromatic rings. The van der Waals surface area contributed by atoms with Gasteiger partial charge in [0.25, 0.3) is 0 Å². The van der Waals surface area contributed by atoms with Crippen LogP contribution in [0.4, 0.5) is 0 Å². The minimum absolute atomic E-state index is 0.391. The van der Waals surface area contributed by atoms with Gasteiger partial charge in [0.1, 0.15) is 17.4 Å². The fourth-order valence-corrected chi connectivity index (χ4v) is 1.80. The maximum atomic E-state index is 8.94. The third-order valence-corrected chi connectivity index (χ3v) is 3.72. The number of hydrogen-bond donors (Lipinski definition) is 0. The Hall–Kier alpha value is -1.58. The van der Waals surface area contributed by atoms with Crippen molar-refractivity contribution >= 4 is 12.7 Å². The van der Waals surface area contributed by atoms with Gasteiger partial charge in [-0.05, 0) is 33.8 Å². The zero-order chi connectivity index (χ0) is 14.3. The second-order valence-corrected chi connectivity index (χ2v) is 5.51. The third kappa shape index (κ3) is 2.31. The highest BCUT2D eigenvalue weighted by Gasteiger charge is 2.52. The number of hydrogen-bond acceptors (Lipinski definition) is 5. The van der Waals surface area contributed by atoms with Crippen LogP contribution in [0.15, 0.2) is 12.3 Å². The maximum Gasteiger partial charge on any atom is 0.514 e. The molecule has 2 rings (SSSR count). The highest BCUT2D eigenvalue weighted by atomic mass is 16.7. The summed E-state index contributed by atoms with van der Waals surface area (Å²) < 4.78 is 17.0. The van der Waals surface area contributed by atoms with Gasteiger partial charge in [-0.15, -0.1) is 0 Å². The monoisotopic (exact) mass is 260 g/mol. The molecular formula is C13H17BN2O3. The molecule has 5 nitrogen and oxygen atoms in total. The first-order valence-corrected chi connectivity index (χ1v) is 6.10. The summed E-state index contributed by atoms with van der Waals surface area (Å²) in [5.41, 5.74) is 0.165. The zero-order valence-electron chi connectivity index (χ0n) is 11.9. The first-order chi connectivity index (χ1) is 8.80. The minimum Gasteiger partial charge on any atom is -0.495 e. The predicted octanol–water partition coefficient (Wildman–Crippen LogP) is 1.26. The molecule has 0 aliphatic carbocycles. The van der Waals surface area contributed by atoms with E-state index in [1.165, 1.54) is 13.3 Å². The van der Waals surface area contributed by atoms with Gasteiger partial charge < -0.3 is 14.0 Å². The molecule has 1 fully saturated rings. The lowest BCUT2D eigenvalue weighted by Gasteiger charge is -2.32. The SMILES string of the molecule is COc1cc(B2OC(C)(C)C(C)(C)O2)ncc1C#N. The Balaban J connectivity index is 2.33. The normalized spacial score (nSPS) is 20.1. The predicted molar refractivity (Wildman–Crippen MR) is 71.2 cm³/mol. The topological polar surface area (TPSA) is 64.4 Å². The summed E-state index contributed by atoms with van der Waals surface area (Å²) in [6.07, 6.45) is 1.47. The molecule has 0 radical (unpaired) electrons. The first kappa shape index (κ1) is 13.8. The largest absolute Gasteiger partial charge is 0.514 e. The summed E-state index contributed by atoms with van der Waals surface area (Å²) in [7, 11) is 0.969. The van der Waals surface area contributed by atoms with Crippen LogP contribution in [-0.2, 0) is 9.31 Å². The molecule has 1 saturated heterocycles. The van der Waals surface area contributed by atoms with Crippen LogP contribution in [-0.4, -0.2) is 30.4 Å². The number of nitriles is 1. The van der Waals surface area contributed by atoms with E-state index < -0.39 is 18.3 Å². The molecule has 0 unspecified atom stereocenters. The summed E-state index contributed by atoms with van der Waals surface area (Å²) in [5.74, 6) is 0.474. The van der Waals surface area contributed by atoms with E-state index in [0.717, 1.165) is 0 Å². The fourth-order valence-electron chi connectivity index (χ4n) is 1.80. The van der Waals surface area contributed by atoms with Crippen molar-refractivity contribution < 1.29 is 14.0 Å². The van der Waals surface area contributed by atoms with E-state index in [2.05, 4.69) is 4.98 Å². The molecule has 0 saturated carbocycles. The molecule has 0 N–H and O–H groups in total. The van der Waals surface area contributed by atoms with Gasteiger partial charge in [-0.3, -0.25) is 4.98 Å². The van der Waals surface area contributed by atoms with Crippen molar-refractivity contribution in [1.29, 1.82) is 5.26 Å². The van der Waals surface area contributed by atoms with Gasteiger partial charge in [0.15, 0.2) is 0 Å². The first-order valence-electron chi connectivity index (χ1n) is 6.10. The molecule has 6 heteroatoms. The quantitative estimate of drug-likeness (QED) is 0.749. The van der Waals surface area contributed by atoms with Crippen LogP contribution in [0.2, 0.25) is 0 Å². The Labute approximate surface area is 113 Å². The van der Waals surface area contributed by atoms with Gasteiger partial charge >= 0.3 is 7.12 Å². The lowest BCUT2D eigenvalue weighted by atomic mass is 9.84. The van der Waals surface area contributed by atoms with Gasteiger partial charge in [0.05, 0.1) is 23.9 Å². The van der Waals surface area contributed by atoms with Crippen LogP contribution >= 0.6 is 0 Å². The van der Waals surface area contributed by atoms with Crippen molar-refractivity contribution in [3.8, 4) is 11.8 Å². The van der Waals surface area contributed by atoms with Crippen LogP contribution in [0.3, 0.4) is 0 Å². The van der Waals surface area contributed by atoms with Crippen molar-refractivity contribution in [3.63, 3.8) is 0 Å². The lowest BCUT2D eigenvalue weighted by Crippen LogP contribution is -2.41. The van der Waals surface area contributed by atoms with Crippen molar-refractivity contribution in [3.05, 3.63) is 17.8 Å². The van der Waals surface area contributed by atoms with Gasteiger partial charge in [-0.1, -0.05) is 0 Å². The summed E-state index contributed by atoms with van der Waals surface area (Å²) in [4.78, 5) is 4.22. The Morgan fingerprint density at radius 2 is 1.84 bits per heavy atom. The van der Waals surface area contributed by atoms with E-state index in [1.54, 1.807) is 6.07 Å². The lowest BCUT2D eigenvalue weighted by molar-refractivity contribution is 0.00578. The van der Waals surface area contributed by atoms with Gasteiger partial charge in [-0.2, -0.15) is 5.26 Å². The molecule has 19 heavy (non-hydrogen) atoms. The Morgan fingerprint density at radius 1 is 1.26 bits per heavy atom. The minimum atomic E-state index is -0.549. The van der Waals surface area contributed by atoms with E-state index in [0.29, 0.717) is 16.9 Å². The molecule has 0 spiro atoms. The molecule has 0 atom stereocenters. The van der Waals surface area contributed by atoms with Gasteiger partial charge in [0, 0.05) is 6.20 Å². The number of aromatic nitrogens is 1. The van der Waals surface area contributed by atoms with E-state index in [4.69, 9.17) is 19.3 Å². The van der Waals surface area contributed by atoms with E-state index in [-0.39, 0.29) is 0 Å². The second-order valence-electron chi connectivity index (χ2n) is 5.51. The number of methoxy groups -OCH3 is 1. The molecule has 1 aromatic heterocycles. The van der Waals surface area contributed by atoms with E-state index >= 15 is 0 Å². The van der Waals surface area contributed by atoms with Crippen LogP contribution in [0.25, 0.3) is 0 Å². The van der Waals surface area contributed by atoms with Gasteiger partial charge in [0.2, 0.25) is 0 Å². The molecule has 0 amide bonds. The van der Waals surface area contributed by atoms with Crippen molar-refractivity contribution in [2.75, 3.05) is 7.11 Å². The second kappa shape index (κ2) is 4.51. The van der Waals surface area contributed by atoms with E-state index in [1.807, 2.05) is 33.8 Å². The Morgan fingerprint density at radius 3 is 2.32 bits per heavy atom. The number of nitrogens with zero attached hydrogens (tertiary/aromatic N) is 2. The third-order valence-electron chi connectivity index (χ3n) is 3.72. The van der Waals surface area contributed by atoms with Crippen molar-refractivity contribution in [1.82, 2.24) is 4.98 Å². The molecule has 100 valence electrons. The zero-order valence-corrected chi connectivity index (χ0v) is 11.9. The Kier molecular flexibility index (Phi) is 3.29. The smallest absolute Gasteiger partial charge is 0.495 e. The van der Waals surface area contributed by atoms with Crippen LogP contribution in [0, 0.1) is 11.3 Å². The van der Waals surface area contributed by atoms with Crippen LogP contribution in [0.5, 0.6) is 5.75 Å². The molecule has 1 aliphatic rings. The van der Waals surface area contributed by atoms with Gasteiger partial charge in [-0.25, -0.2) is 0 Å². The highest BCUT2D eigenvalue weighted by Crippen LogP contribution is 2.36. The summed E-state index contributed by atoms with van der Waals surface area (Å²) in [5, 5.41) is 8.94.